The van der Waals surface area contributed by atoms with Crippen molar-refractivity contribution in [3.63, 3.8) is 0 Å². The number of rotatable bonds is 3. The molecule has 0 atom stereocenters. The lowest BCUT2D eigenvalue weighted by atomic mass is 9.72. The van der Waals surface area contributed by atoms with Crippen molar-refractivity contribution in [2.24, 2.45) is 23.2 Å². The highest BCUT2D eigenvalue weighted by molar-refractivity contribution is 5.81. The molecule has 2 saturated carbocycles. The molecule has 1 aliphatic heterocycles. The van der Waals surface area contributed by atoms with Crippen LogP contribution in [0.25, 0.3) is 0 Å². The van der Waals surface area contributed by atoms with Crippen LogP contribution in [0.15, 0.2) is 0 Å². The van der Waals surface area contributed by atoms with E-state index >= 15 is 0 Å². The molecule has 24 heavy (non-hydrogen) atoms. The molecule has 4 heteroatoms. The minimum absolute atomic E-state index is 0.00593. The summed E-state index contributed by atoms with van der Waals surface area (Å²) in [5.74, 6) is 1.30. The minimum Gasteiger partial charge on any atom is -0.462 e. The largest absolute Gasteiger partial charge is 0.462 e. The fourth-order valence-corrected chi connectivity index (χ4v) is 4.23. The van der Waals surface area contributed by atoms with E-state index in [1.54, 1.807) is 0 Å². The summed E-state index contributed by atoms with van der Waals surface area (Å²) in [4.78, 5) is 26.5. The number of carbonyl (C=O) groups excluding carboxylic acids is 2. The summed E-state index contributed by atoms with van der Waals surface area (Å²) in [6.07, 6.45) is 8.10. The van der Waals surface area contributed by atoms with E-state index in [2.05, 4.69) is 20.8 Å². The fourth-order valence-electron chi connectivity index (χ4n) is 4.23. The van der Waals surface area contributed by atoms with Crippen LogP contribution in [0, 0.1) is 23.2 Å². The van der Waals surface area contributed by atoms with Crippen LogP contribution in [0.1, 0.15) is 72.1 Å². The van der Waals surface area contributed by atoms with E-state index in [0.717, 1.165) is 70.4 Å². The van der Waals surface area contributed by atoms with Gasteiger partial charge in [0.2, 0.25) is 5.91 Å². The summed E-state index contributed by atoms with van der Waals surface area (Å²) in [7, 11) is 0. The molecule has 0 bridgehead atoms. The molecule has 0 spiro atoms. The lowest BCUT2D eigenvalue weighted by molar-refractivity contribution is -0.159. The van der Waals surface area contributed by atoms with Crippen molar-refractivity contribution in [2.75, 3.05) is 13.1 Å². The van der Waals surface area contributed by atoms with Gasteiger partial charge in [-0.25, -0.2) is 0 Å². The number of hydrogen-bond donors (Lipinski definition) is 0. The molecule has 0 N–H and O–H groups in total. The van der Waals surface area contributed by atoms with Gasteiger partial charge in [0.25, 0.3) is 0 Å². The highest BCUT2D eigenvalue weighted by Crippen LogP contribution is 2.39. The highest BCUT2D eigenvalue weighted by Gasteiger charge is 2.37. The van der Waals surface area contributed by atoms with Gasteiger partial charge in [-0.3, -0.25) is 9.59 Å². The van der Waals surface area contributed by atoms with Gasteiger partial charge in [0.15, 0.2) is 0 Å². The maximum Gasteiger partial charge on any atom is 0.309 e. The van der Waals surface area contributed by atoms with Gasteiger partial charge in [0, 0.05) is 19.0 Å². The Kier molecular flexibility index (Phi) is 5.22. The number of nitrogens with zero attached hydrogens (tertiary/aromatic N) is 1. The molecule has 136 valence electrons. The quantitative estimate of drug-likeness (QED) is 0.737. The van der Waals surface area contributed by atoms with Crippen LogP contribution in [0.3, 0.4) is 0 Å². The van der Waals surface area contributed by atoms with Gasteiger partial charge in [-0.1, -0.05) is 20.8 Å². The van der Waals surface area contributed by atoms with Crippen molar-refractivity contribution < 1.29 is 14.3 Å². The first-order chi connectivity index (χ1) is 11.3. The molecule has 0 unspecified atom stereocenters. The van der Waals surface area contributed by atoms with Crippen molar-refractivity contribution in [1.29, 1.82) is 0 Å². The Morgan fingerprint density at radius 2 is 1.42 bits per heavy atom. The summed E-state index contributed by atoms with van der Waals surface area (Å²) in [5, 5.41) is 0. The number of hydrogen-bond acceptors (Lipinski definition) is 3. The summed E-state index contributed by atoms with van der Waals surface area (Å²) in [5.41, 5.74) is 0.357. The molecule has 3 aliphatic rings. The molecule has 0 aromatic rings. The molecule has 3 fully saturated rings. The zero-order valence-electron chi connectivity index (χ0n) is 15.6. The average Bonchev–Trinajstić information content (AvgIpc) is 3.39. The predicted molar refractivity (Wildman–Crippen MR) is 93.3 cm³/mol. The molecule has 0 radical (unpaired) electrons. The highest BCUT2D eigenvalue weighted by atomic mass is 16.5. The van der Waals surface area contributed by atoms with Crippen LogP contribution in [-0.2, 0) is 14.3 Å². The van der Waals surface area contributed by atoms with Crippen LogP contribution in [-0.4, -0.2) is 36.0 Å². The van der Waals surface area contributed by atoms with Crippen LogP contribution in [0.2, 0.25) is 0 Å². The van der Waals surface area contributed by atoms with Gasteiger partial charge in [-0.05, 0) is 62.7 Å². The van der Waals surface area contributed by atoms with Crippen molar-refractivity contribution in [1.82, 2.24) is 4.90 Å². The maximum absolute atomic E-state index is 12.4. The Balaban J connectivity index is 1.39. The minimum atomic E-state index is -0.0206. The van der Waals surface area contributed by atoms with Gasteiger partial charge in [-0.15, -0.1) is 0 Å². The Bertz CT molecular complexity index is 462. The number of amides is 1. The van der Waals surface area contributed by atoms with Crippen LogP contribution < -0.4 is 0 Å². The molecular weight excluding hydrogens is 302 g/mol. The standard InChI is InChI=1S/C20H33NO3/c1-20(2,3)16-6-8-17(9-7-16)24-19(23)15-10-12-21(13-11-15)18(22)14-4-5-14/h14-17H,4-13H2,1-3H3. The van der Waals surface area contributed by atoms with Gasteiger partial charge >= 0.3 is 5.97 Å². The van der Waals surface area contributed by atoms with E-state index in [4.69, 9.17) is 4.74 Å². The smallest absolute Gasteiger partial charge is 0.309 e. The molecule has 3 rings (SSSR count). The average molecular weight is 335 g/mol. The predicted octanol–water partition coefficient (Wildman–Crippen LogP) is 3.78. The van der Waals surface area contributed by atoms with Crippen LogP contribution >= 0.6 is 0 Å². The molecule has 0 aromatic carbocycles. The zero-order valence-corrected chi connectivity index (χ0v) is 15.6. The third-order valence-electron chi connectivity index (χ3n) is 6.25. The zero-order chi connectivity index (χ0) is 17.3. The third-order valence-corrected chi connectivity index (χ3v) is 6.25. The van der Waals surface area contributed by atoms with Crippen LogP contribution in [0.4, 0.5) is 0 Å². The first kappa shape index (κ1) is 17.8. The number of piperidine rings is 1. The summed E-state index contributed by atoms with van der Waals surface area (Å²) >= 11 is 0. The Morgan fingerprint density at radius 1 is 0.833 bits per heavy atom. The number of carbonyl (C=O) groups is 2. The second-order valence-electron chi connectivity index (χ2n) is 9.15. The Morgan fingerprint density at radius 3 is 1.92 bits per heavy atom. The third kappa shape index (κ3) is 4.31. The SMILES string of the molecule is CC(C)(C)C1CCC(OC(=O)C2CCN(C(=O)C3CC3)CC2)CC1. The molecule has 4 nitrogen and oxygen atoms in total. The van der Waals surface area contributed by atoms with Crippen molar-refractivity contribution in [3.05, 3.63) is 0 Å². The van der Waals surface area contributed by atoms with E-state index in [1.807, 2.05) is 4.90 Å². The summed E-state index contributed by atoms with van der Waals surface area (Å²) < 4.78 is 5.80. The Hall–Kier alpha value is -1.06. The molecule has 2 aliphatic carbocycles. The molecule has 0 aromatic heterocycles. The van der Waals surface area contributed by atoms with E-state index in [9.17, 15) is 9.59 Å². The lowest BCUT2D eigenvalue weighted by Crippen LogP contribution is -2.42. The van der Waals surface area contributed by atoms with Gasteiger partial charge in [0.1, 0.15) is 6.10 Å². The van der Waals surface area contributed by atoms with Gasteiger partial charge in [0.05, 0.1) is 5.92 Å². The van der Waals surface area contributed by atoms with Crippen molar-refractivity contribution >= 4 is 11.9 Å². The molecule has 1 saturated heterocycles. The summed E-state index contributed by atoms with van der Waals surface area (Å²) in [6, 6.07) is 0. The van der Waals surface area contributed by atoms with Gasteiger partial charge in [-0.2, -0.15) is 0 Å². The second-order valence-corrected chi connectivity index (χ2v) is 9.15. The van der Waals surface area contributed by atoms with Crippen LogP contribution in [0.5, 0.6) is 0 Å². The van der Waals surface area contributed by atoms with Crippen molar-refractivity contribution in [2.45, 2.75) is 78.2 Å². The topological polar surface area (TPSA) is 46.6 Å². The number of likely N-dealkylation sites (tertiary alicyclic amines) is 1. The van der Waals surface area contributed by atoms with E-state index in [-0.39, 0.29) is 23.9 Å². The number of esters is 1. The summed E-state index contributed by atoms with van der Waals surface area (Å²) in [6.45, 7) is 8.37. The van der Waals surface area contributed by atoms with E-state index in [0.29, 0.717) is 11.3 Å². The monoisotopic (exact) mass is 335 g/mol. The number of ether oxygens (including phenoxy) is 1. The van der Waals surface area contributed by atoms with E-state index < -0.39 is 0 Å². The molecule has 1 amide bonds. The lowest BCUT2D eigenvalue weighted by Gasteiger charge is -2.37. The normalized spacial score (nSPS) is 29.4. The molecular formula is C20H33NO3. The molecule has 1 heterocycles. The van der Waals surface area contributed by atoms with E-state index in [1.165, 1.54) is 0 Å². The maximum atomic E-state index is 12.4. The van der Waals surface area contributed by atoms with Gasteiger partial charge < -0.3 is 9.64 Å². The first-order valence-electron chi connectivity index (χ1n) is 9.84. The second kappa shape index (κ2) is 7.05. The Labute approximate surface area is 146 Å². The van der Waals surface area contributed by atoms with Crippen molar-refractivity contribution in [3.8, 4) is 0 Å². The fraction of sp³-hybridized carbons (Fsp3) is 0.900. The first-order valence-corrected chi connectivity index (χ1v) is 9.84.